The second kappa shape index (κ2) is 1.59. The van der Waals surface area contributed by atoms with Crippen LogP contribution in [-0.4, -0.2) is 19.7 Å². The molecular formula is C6H8N4. The van der Waals surface area contributed by atoms with Crippen molar-refractivity contribution in [1.29, 1.82) is 0 Å². The Labute approximate surface area is 57.9 Å². The Morgan fingerprint density at radius 2 is 2.30 bits per heavy atom. The highest BCUT2D eigenvalue weighted by atomic mass is 15.3. The minimum Gasteiger partial charge on any atom is -0.284 e. The summed E-state index contributed by atoms with van der Waals surface area (Å²) in [4.78, 5) is 8.06. The van der Waals surface area contributed by atoms with E-state index in [1.54, 1.807) is 6.33 Å². The van der Waals surface area contributed by atoms with Crippen molar-refractivity contribution in [3.63, 3.8) is 0 Å². The molecule has 0 amide bonds. The highest BCUT2D eigenvalue weighted by molar-refractivity contribution is 5.74. The molecule has 0 atom stereocenters. The second-order valence-electron chi connectivity index (χ2n) is 2.33. The van der Waals surface area contributed by atoms with Gasteiger partial charge in [0.05, 0.1) is 5.69 Å². The zero-order valence-corrected chi connectivity index (χ0v) is 5.92. The van der Waals surface area contributed by atoms with Crippen molar-refractivity contribution < 1.29 is 0 Å². The van der Waals surface area contributed by atoms with Crippen molar-refractivity contribution in [1.82, 2.24) is 19.7 Å². The number of nitrogens with one attached hydrogen (secondary N) is 1. The number of aryl methyl sites for hydroxylation is 2. The summed E-state index contributed by atoms with van der Waals surface area (Å²) in [5.41, 5.74) is 3.05. The van der Waals surface area contributed by atoms with E-state index in [-0.39, 0.29) is 0 Å². The molecule has 4 nitrogen and oxygen atoms in total. The number of aromatic amines is 1. The Kier molecular flexibility index (Phi) is 0.869. The molecule has 0 aliphatic carbocycles. The summed E-state index contributed by atoms with van der Waals surface area (Å²) >= 11 is 0. The fourth-order valence-electron chi connectivity index (χ4n) is 1.11. The molecule has 0 aliphatic heterocycles. The highest BCUT2D eigenvalue weighted by Crippen LogP contribution is 2.11. The van der Waals surface area contributed by atoms with Crippen LogP contribution in [0.2, 0.25) is 0 Å². The minimum atomic E-state index is 0.926. The molecule has 0 radical (unpaired) electrons. The topological polar surface area (TPSA) is 46.5 Å². The minimum absolute atomic E-state index is 0.926. The van der Waals surface area contributed by atoms with Gasteiger partial charge < -0.3 is 0 Å². The molecule has 0 aliphatic rings. The molecule has 0 spiro atoms. The molecular weight excluding hydrogens is 128 g/mol. The van der Waals surface area contributed by atoms with Crippen molar-refractivity contribution in [2.45, 2.75) is 6.92 Å². The number of aromatic nitrogens is 4. The molecule has 0 bridgehead atoms. The van der Waals surface area contributed by atoms with E-state index in [0.29, 0.717) is 0 Å². The molecule has 2 heterocycles. The summed E-state index contributed by atoms with van der Waals surface area (Å²) in [6.45, 7) is 1.97. The summed E-state index contributed by atoms with van der Waals surface area (Å²) < 4.78 is 1.91. The summed E-state index contributed by atoms with van der Waals surface area (Å²) in [6.07, 6.45) is 1.56. The summed E-state index contributed by atoms with van der Waals surface area (Å²) in [5, 5.41) is 3.01. The molecule has 0 aromatic carbocycles. The maximum atomic E-state index is 4.05. The van der Waals surface area contributed by atoms with Gasteiger partial charge in [0, 0.05) is 7.05 Å². The standard InChI is InChI=1S/C6H8N4/c1-4-5-6(8-3-7-4)9-10(5)2/h3H,1-2H3,(H,7,8,9). The van der Waals surface area contributed by atoms with Crippen LogP contribution in [0, 0.1) is 6.92 Å². The van der Waals surface area contributed by atoms with Gasteiger partial charge >= 0.3 is 0 Å². The van der Waals surface area contributed by atoms with Gasteiger partial charge in [-0.3, -0.25) is 9.78 Å². The molecule has 2 aromatic heterocycles. The highest BCUT2D eigenvalue weighted by Gasteiger charge is 2.04. The molecule has 52 valence electrons. The van der Waals surface area contributed by atoms with Crippen LogP contribution in [0.1, 0.15) is 5.69 Å². The first-order valence-corrected chi connectivity index (χ1v) is 3.11. The Hall–Kier alpha value is -1.32. The summed E-state index contributed by atoms with van der Waals surface area (Å²) in [6, 6.07) is 0. The molecule has 2 rings (SSSR count). The van der Waals surface area contributed by atoms with Crippen LogP contribution in [0.3, 0.4) is 0 Å². The lowest BCUT2D eigenvalue weighted by Gasteiger charge is -2.11. The van der Waals surface area contributed by atoms with Gasteiger partial charge in [-0.05, 0) is 6.92 Å². The van der Waals surface area contributed by atoms with E-state index in [2.05, 4.69) is 15.1 Å². The lowest BCUT2D eigenvalue weighted by Crippen LogP contribution is -2.09. The number of H-pyrrole nitrogens is 1. The van der Waals surface area contributed by atoms with Gasteiger partial charge in [0.25, 0.3) is 0 Å². The molecule has 0 fully saturated rings. The molecule has 2 aromatic rings. The van der Waals surface area contributed by atoms with Crippen molar-refractivity contribution in [3.05, 3.63) is 12.0 Å². The van der Waals surface area contributed by atoms with Crippen molar-refractivity contribution in [3.8, 4) is 0 Å². The molecule has 1 N–H and O–H groups in total. The normalized spacial score (nSPS) is 11.0. The van der Waals surface area contributed by atoms with Gasteiger partial charge in [-0.1, -0.05) is 0 Å². The Bertz CT molecular complexity index is 357. The third-order valence-electron chi connectivity index (χ3n) is 1.61. The molecule has 0 unspecified atom stereocenters. The predicted molar refractivity (Wildman–Crippen MR) is 37.6 cm³/mol. The average molecular weight is 136 g/mol. The maximum absolute atomic E-state index is 4.05. The van der Waals surface area contributed by atoms with Gasteiger partial charge in [-0.15, -0.1) is 0 Å². The van der Waals surface area contributed by atoms with Crippen molar-refractivity contribution in [2.24, 2.45) is 7.05 Å². The van der Waals surface area contributed by atoms with Gasteiger partial charge in [-0.2, -0.15) is 0 Å². The van der Waals surface area contributed by atoms with Gasteiger partial charge in [0.15, 0.2) is 5.65 Å². The quantitative estimate of drug-likeness (QED) is 0.576. The van der Waals surface area contributed by atoms with E-state index in [4.69, 9.17) is 0 Å². The number of rotatable bonds is 0. The molecule has 4 heteroatoms. The SMILES string of the molecule is Cc1ncnc2[nH]n(C)c12. The molecule has 0 saturated carbocycles. The monoisotopic (exact) mass is 136 g/mol. The van der Waals surface area contributed by atoms with Crippen molar-refractivity contribution >= 4 is 11.2 Å². The van der Waals surface area contributed by atoms with E-state index in [9.17, 15) is 0 Å². The number of hydrogen-bond acceptors (Lipinski definition) is 2. The third kappa shape index (κ3) is 0.504. The van der Waals surface area contributed by atoms with Crippen LogP contribution in [0.25, 0.3) is 11.2 Å². The van der Waals surface area contributed by atoms with Crippen LogP contribution < -0.4 is 0 Å². The lowest BCUT2D eigenvalue weighted by atomic mass is 10.4. The summed E-state index contributed by atoms with van der Waals surface area (Å²) in [7, 11) is 1.94. The number of nitrogens with zero attached hydrogens (tertiary/aromatic N) is 3. The van der Waals surface area contributed by atoms with Gasteiger partial charge in [-0.25, -0.2) is 9.97 Å². The number of hydrogen-bond donors (Lipinski definition) is 1. The largest absolute Gasteiger partial charge is 0.284 e. The zero-order valence-electron chi connectivity index (χ0n) is 5.92. The maximum Gasteiger partial charge on any atom is 0.173 e. The fourth-order valence-corrected chi connectivity index (χ4v) is 1.11. The lowest BCUT2D eigenvalue weighted by molar-refractivity contribution is 0.741. The Morgan fingerprint density at radius 1 is 1.50 bits per heavy atom. The summed E-state index contributed by atoms with van der Waals surface area (Å²) in [5.74, 6) is 0. The van der Waals surface area contributed by atoms with Crippen LogP contribution in [0.4, 0.5) is 0 Å². The van der Waals surface area contributed by atoms with Crippen LogP contribution >= 0.6 is 0 Å². The Morgan fingerprint density at radius 3 is 2.80 bits per heavy atom. The zero-order chi connectivity index (χ0) is 7.14. The number of fused-ring (bicyclic) bond motifs is 1. The molecule has 10 heavy (non-hydrogen) atoms. The van der Waals surface area contributed by atoms with E-state index >= 15 is 0 Å². The van der Waals surface area contributed by atoms with E-state index < -0.39 is 0 Å². The smallest absolute Gasteiger partial charge is 0.173 e. The van der Waals surface area contributed by atoms with Crippen LogP contribution in [-0.2, 0) is 7.05 Å². The van der Waals surface area contributed by atoms with Gasteiger partial charge in [0.2, 0.25) is 0 Å². The van der Waals surface area contributed by atoms with Crippen molar-refractivity contribution in [2.75, 3.05) is 0 Å². The van der Waals surface area contributed by atoms with Crippen LogP contribution in [0.15, 0.2) is 6.33 Å². The first-order valence-electron chi connectivity index (χ1n) is 3.11. The van der Waals surface area contributed by atoms with E-state index in [1.165, 1.54) is 0 Å². The second-order valence-corrected chi connectivity index (χ2v) is 2.33. The predicted octanol–water partition coefficient (Wildman–Crippen LogP) is 0.605. The first-order chi connectivity index (χ1) is 4.79. The van der Waals surface area contributed by atoms with E-state index in [1.807, 2.05) is 18.7 Å². The molecule has 0 saturated heterocycles. The van der Waals surface area contributed by atoms with E-state index in [0.717, 1.165) is 16.9 Å². The Balaban J connectivity index is 2.84. The first kappa shape index (κ1) is 5.46. The van der Waals surface area contributed by atoms with Crippen LogP contribution in [0.5, 0.6) is 0 Å². The third-order valence-corrected chi connectivity index (χ3v) is 1.61. The van der Waals surface area contributed by atoms with Gasteiger partial charge in [0.1, 0.15) is 11.8 Å². The fraction of sp³-hybridized carbons (Fsp3) is 0.333. The average Bonchev–Trinajstić information content (AvgIpc) is 1.85.